The van der Waals surface area contributed by atoms with Crippen molar-refractivity contribution in [3.05, 3.63) is 22.5 Å². The monoisotopic (exact) mass is 323 g/mol. The summed E-state index contributed by atoms with van der Waals surface area (Å²) in [5, 5.41) is 0. The topological polar surface area (TPSA) is 74.3 Å². The second-order valence-corrected chi connectivity index (χ2v) is 5.62. The first-order chi connectivity index (χ1) is 11.2. The molecule has 2 heterocycles. The predicted octanol–water partition coefficient (Wildman–Crippen LogP) is 0.408. The Morgan fingerprint density at radius 2 is 1.78 bits per heavy atom. The van der Waals surface area contributed by atoms with E-state index in [-0.39, 0.29) is 0 Å². The molecule has 0 aromatic rings. The van der Waals surface area contributed by atoms with E-state index < -0.39 is 18.0 Å². The van der Waals surface area contributed by atoms with E-state index in [4.69, 9.17) is 18.9 Å². The van der Waals surface area contributed by atoms with E-state index in [2.05, 4.69) is 4.90 Å². The maximum Gasteiger partial charge on any atom is 0.338 e. The van der Waals surface area contributed by atoms with Crippen molar-refractivity contribution in [2.45, 2.75) is 18.9 Å². The number of hydrogen-bond acceptors (Lipinski definition) is 7. The highest BCUT2D eigenvalue weighted by Gasteiger charge is 2.46. The number of nitrogens with zero attached hydrogens (tertiary/aromatic N) is 1. The summed E-state index contributed by atoms with van der Waals surface area (Å²) in [4.78, 5) is 26.8. The van der Waals surface area contributed by atoms with E-state index in [0.29, 0.717) is 56.2 Å². The quantitative estimate of drug-likeness (QED) is 0.696. The molecule has 0 aromatic heterocycles. The zero-order valence-corrected chi connectivity index (χ0v) is 13.4. The minimum absolute atomic E-state index is 0.311. The molecule has 1 atom stereocenters. The van der Waals surface area contributed by atoms with Gasteiger partial charge < -0.3 is 18.9 Å². The van der Waals surface area contributed by atoms with Gasteiger partial charge in [-0.15, -0.1) is 0 Å². The molecule has 7 nitrogen and oxygen atoms in total. The summed E-state index contributed by atoms with van der Waals surface area (Å²) >= 11 is 0. The first-order valence-electron chi connectivity index (χ1n) is 7.77. The third-order valence-electron chi connectivity index (χ3n) is 4.42. The van der Waals surface area contributed by atoms with Gasteiger partial charge in [-0.3, -0.25) is 4.90 Å². The Morgan fingerprint density at radius 3 is 2.43 bits per heavy atom. The van der Waals surface area contributed by atoms with Gasteiger partial charge in [0.2, 0.25) is 0 Å². The van der Waals surface area contributed by atoms with Crippen LogP contribution in [0.4, 0.5) is 0 Å². The minimum Gasteiger partial charge on any atom is -0.496 e. The lowest BCUT2D eigenvalue weighted by atomic mass is 10.0. The molecule has 3 rings (SSSR count). The van der Waals surface area contributed by atoms with Crippen LogP contribution in [0.2, 0.25) is 0 Å². The van der Waals surface area contributed by atoms with Crippen molar-refractivity contribution < 1.29 is 28.5 Å². The minimum atomic E-state index is -0.515. The Hall–Kier alpha value is -1.86. The van der Waals surface area contributed by atoms with E-state index in [1.165, 1.54) is 14.2 Å². The van der Waals surface area contributed by atoms with Crippen molar-refractivity contribution in [3.63, 3.8) is 0 Å². The van der Waals surface area contributed by atoms with Crippen LogP contribution in [0, 0.1) is 0 Å². The molecule has 3 aliphatic rings. The number of carbonyl (C=O) groups excluding carboxylic acids is 2. The molecule has 0 amide bonds. The standard InChI is InChI=1S/C16H21NO6/c1-20-15(18)11-10-4-3-7-23-14(10)13(12(11)16(19)21-2)17-5-8-22-9-6-17/h13H,3-9H2,1-2H3. The molecule has 0 saturated carbocycles. The summed E-state index contributed by atoms with van der Waals surface area (Å²) in [7, 11) is 2.63. The van der Waals surface area contributed by atoms with E-state index >= 15 is 0 Å². The molecule has 1 aliphatic carbocycles. The van der Waals surface area contributed by atoms with Gasteiger partial charge in [0.25, 0.3) is 0 Å². The van der Waals surface area contributed by atoms with Gasteiger partial charge in [0, 0.05) is 18.7 Å². The van der Waals surface area contributed by atoms with Gasteiger partial charge in [-0.1, -0.05) is 0 Å². The van der Waals surface area contributed by atoms with Crippen molar-refractivity contribution in [1.82, 2.24) is 4.90 Å². The zero-order chi connectivity index (χ0) is 16.4. The van der Waals surface area contributed by atoms with Crippen LogP contribution in [-0.4, -0.2) is 70.0 Å². The molecule has 23 heavy (non-hydrogen) atoms. The van der Waals surface area contributed by atoms with Crippen molar-refractivity contribution in [2.75, 3.05) is 47.1 Å². The SMILES string of the molecule is COC(=O)C1=C(C(=O)OC)C(N2CCOCC2)C2=C1CCCO2. The summed E-state index contributed by atoms with van der Waals surface area (Å²) < 4.78 is 21.1. The fourth-order valence-corrected chi connectivity index (χ4v) is 3.41. The number of carbonyl (C=O) groups is 2. The van der Waals surface area contributed by atoms with Crippen molar-refractivity contribution in [2.24, 2.45) is 0 Å². The smallest absolute Gasteiger partial charge is 0.338 e. The van der Waals surface area contributed by atoms with Crippen LogP contribution in [0.3, 0.4) is 0 Å². The highest BCUT2D eigenvalue weighted by Crippen LogP contribution is 2.42. The Kier molecular flexibility index (Phi) is 4.68. The molecule has 0 aromatic carbocycles. The van der Waals surface area contributed by atoms with Crippen LogP contribution < -0.4 is 0 Å². The summed E-state index contributed by atoms with van der Waals surface area (Å²) in [6.45, 7) is 3.09. The maximum absolute atomic E-state index is 12.4. The number of esters is 2. The molecule has 7 heteroatoms. The highest BCUT2D eigenvalue weighted by molar-refractivity contribution is 6.06. The molecule has 0 spiro atoms. The van der Waals surface area contributed by atoms with Crippen LogP contribution in [0.5, 0.6) is 0 Å². The van der Waals surface area contributed by atoms with Gasteiger partial charge in [-0.25, -0.2) is 9.59 Å². The van der Waals surface area contributed by atoms with Gasteiger partial charge in [0.05, 0.1) is 45.2 Å². The highest BCUT2D eigenvalue weighted by atomic mass is 16.5. The van der Waals surface area contributed by atoms with Crippen LogP contribution in [0.1, 0.15) is 12.8 Å². The molecule has 0 radical (unpaired) electrons. The van der Waals surface area contributed by atoms with E-state index in [9.17, 15) is 9.59 Å². The number of morpholine rings is 1. The maximum atomic E-state index is 12.4. The number of methoxy groups -OCH3 is 2. The third kappa shape index (κ3) is 2.74. The lowest BCUT2D eigenvalue weighted by Gasteiger charge is -2.35. The molecule has 1 fully saturated rings. The molecule has 0 bridgehead atoms. The van der Waals surface area contributed by atoms with Crippen molar-refractivity contribution in [3.8, 4) is 0 Å². The average Bonchev–Trinajstić information content (AvgIpc) is 2.96. The largest absolute Gasteiger partial charge is 0.496 e. The average molecular weight is 323 g/mol. The van der Waals surface area contributed by atoms with Gasteiger partial charge in [-0.2, -0.15) is 0 Å². The number of hydrogen-bond donors (Lipinski definition) is 0. The van der Waals surface area contributed by atoms with E-state index in [1.807, 2.05) is 0 Å². The lowest BCUT2D eigenvalue weighted by molar-refractivity contribution is -0.139. The molecular weight excluding hydrogens is 302 g/mol. The molecule has 2 aliphatic heterocycles. The summed E-state index contributed by atoms with van der Waals surface area (Å²) in [5.41, 5.74) is 1.42. The number of ether oxygens (including phenoxy) is 4. The summed E-state index contributed by atoms with van der Waals surface area (Å²) in [6, 6.07) is -0.393. The molecule has 1 saturated heterocycles. The normalized spacial score (nSPS) is 25.0. The predicted molar refractivity (Wildman–Crippen MR) is 79.5 cm³/mol. The van der Waals surface area contributed by atoms with E-state index in [1.54, 1.807) is 0 Å². The van der Waals surface area contributed by atoms with Crippen molar-refractivity contribution >= 4 is 11.9 Å². The Bertz CT molecular complexity index is 573. The van der Waals surface area contributed by atoms with E-state index in [0.717, 1.165) is 12.0 Å². The fraction of sp³-hybridized carbons (Fsp3) is 0.625. The van der Waals surface area contributed by atoms with Gasteiger partial charge >= 0.3 is 11.9 Å². The second-order valence-electron chi connectivity index (χ2n) is 5.62. The molecular formula is C16H21NO6. The zero-order valence-electron chi connectivity index (χ0n) is 13.4. The Balaban J connectivity index is 2.09. The number of rotatable bonds is 3. The lowest BCUT2D eigenvalue weighted by Crippen LogP contribution is -2.46. The first-order valence-corrected chi connectivity index (χ1v) is 7.77. The second kappa shape index (κ2) is 6.72. The van der Waals surface area contributed by atoms with Crippen LogP contribution in [0.25, 0.3) is 0 Å². The summed E-state index contributed by atoms with van der Waals surface area (Å²) in [5.74, 6) is -0.335. The van der Waals surface area contributed by atoms with Crippen LogP contribution in [0.15, 0.2) is 22.5 Å². The van der Waals surface area contributed by atoms with Crippen LogP contribution in [-0.2, 0) is 28.5 Å². The summed E-state index contributed by atoms with van der Waals surface area (Å²) in [6.07, 6.45) is 1.50. The van der Waals surface area contributed by atoms with Crippen molar-refractivity contribution in [1.29, 1.82) is 0 Å². The van der Waals surface area contributed by atoms with Gasteiger partial charge in [0.15, 0.2) is 0 Å². The molecule has 1 unspecified atom stereocenters. The first kappa shape index (κ1) is 16.0. The Labute approximate surface area is 134 Å². The third-order valence-corrected chi connectivity index (χ3v) is 4.42. The van der Waals surface area contributed by atoms with Gasteiger partial charge in [-0.05, 0) is 12.8 Å². The molecule has 126 valence electrons. The molecule has 0 N–H and O–H groups in total. The fourth-order valence-electron chi connectivity index (χ4n) is 3.41. The Morgan fingerprint density at radius 1 is 1.09 bits per heavy atom. The van der Waals surface area contributed by atoms with Crippen LogP contribution >= 0.6 is 0 Å². The van der Waals surface area contributed by atoms with Gasteiger partial charge in [0.1, 0.15) is 11.8 Å².